The average molecular weight is 207 g/mol. The molecule has 0 radical (unpaired) electrons. The monoisotopic (exact) mass is 207 g/mol. The van der Waals surface area contributed by atoms with Gasteiger partial charge in [0.25, 0.3) is 0 Å². The SMILES string of the molecule is CC[C@H](C)N[C@@H]1C[C@@H]2C[C@@H]1[C@H]1CCC[C@H]21. The summed E-state index contributed by atoms with van der Waals surface area (Å²) in [6.45, 7) is 4.64. The Morgan fingerprint density at radius 1 is 1.13 bits per heavy atom. The third-order valence-electron chi connectivity index (χ3n) is 5.54. The molecule has 0 heterocycles. The quantitative estimate of drug-likeness (QED) is 0.749. The van der Waals surface area contributed by atoms with Gasteiger partial charge in [-0.3, -0.25) is 0 Å². The van der Waals surface area contributed by atoms with Gasteiger partial charge >= 0.3 is 0 Å². The molecule has 1 heteroatoms. The average Bonchev–Trinajstić information content (AvgIpc) is 2.87. The first-order valence-electron chi connectivity index (χ1n) is 7.05. The first kappa shape index (κ1) is 10.1. The molecule has 3 fully saturated rings. The highest BCUT2D eigenvalue weighted by atomic mass is 15.0. The van der Waals surface area contributed by atoms with Crippen molar-refractivity contribution in [1.29, 1.82) is 0 Å². The molecule has 15 heavy (non-hydrogen) atoms. The van der Waals surface area contributed by atoms with Gasteiger partial charge in [0.2, 0.25) is 0 Å². The Labute approximate surface area is 94.0 Å². The molecule has 3 rings (SSSR count). The van der Waals surface area contributed by atoms with Crippen molar-refractivity contribution in [3.8, 4) is 0 Å². The van der Waals surface area contributed by atoms with Crippen LogP contribution < -0.4 is 5.32 Å². The Morgan fingerprint density at radius 3 is 2.73 bits per heavy atom. The number of nitrogens with one attached hydrogen (secondary N) is 1. The molecule has 3 saturated carbocycles. The number of rotatable bonds is 3. The lowest BCUT2D eigenvalue weighted by atomic mass is 9.79. The second kappa shape index (κ2) is 3.76. The Hall–Kier alpha value is -0.0400. The summed E-state index contributed by atoms with van der Waals surface area (Å²) < 4.78 is 0. The highest BCUT2D eigenvalue weighted by Gasteiger charge is 2.53. The Morgan fingerprint density at radius 2 is 1.93 bits per heavy atom. The molecule has 0 unspecified atom stereocenters. The van der Waals surface area contributed by atoms with Crippen molar-refractivity contribution in [3.63, 3.8) is 0 Å². The van der Waals surface area contributed by atoms with Crippen LogP contribution in [-0.4, -0.2) is 12.1 Å². The normalized spacial score (nSPS) is 49.6. The molecule has 1 N–H and O–H groups in total. The Bertz CT molecular complexity index is 237. The van der Waals surface area contributed by atoms with Gasteiger partial charge in [-0.1, -0.05) is 13.3 Å². The van der Waals surface area contributed by atoms with Crippen molar-refractivity contribution in [2.24, 2.45) is 23.7 Å². The molecule has 0 spiro atoms. The van der Waals surface area contributed by atoms with E-state index in [1.54, 1.807) is 19.3 Å². The topological polar surface area (TPSA) is 12.0 Å². The lowest BCUT2D eigenvalue weighted by Gasteiger charge is -2.33. The van der Waals surface area contributed by atoms with Crippen LogP contribution in [0, 0.1) is 23.7 Å². The molecule has 0 saturated heterocycles. The highest BCUT2D eigenvalue weighted by Crippen LogP contribution is 2.58. The number of hydrogen-bond acceptors (Lipinski definition) is 1. The molecule has 3 aliphatic rings. The first-order chi connectivity index (χ1) is 7.29. The van der Waals surface area contributed by atoms with Gasteiger partial charge < -0.3 is 5.32 Å². The van der Waals surface area contributed by atoms with Crippen molar-refractivity contribution in [1.82, 2.24) is 5.32 Å². The first-order valence-corrected chi connectivity index (χ1v) is 7.05. The van der Waals surface area contributed by atoms with E-state index in [2.05, 4.69) is 19.2 Å². The summed E-state index contributed by atoms with van der Waals surface area (Å²) in [6, 6.07) is 1.61. The van der Waals surface area contributed by atoms with Crippen LogP contribution in [0.1, 0.15) is 52.4 Å². The molecular weight excluding hydrogens is 182 g/mol. The predicted molar refractivity (Wildman–Crippen MR) is 63.7 cm³/mol. The summed E-state index contributed by atoms with van der Waals surface area (Å²) >= 11 is 0. The largest absolute Gasteiger partial charge is 0.311 e. The second-order valence-corrected chi connectivity index (χ2v) is 6.24. The molecule has 0 aromatic heterocycles. The van der Waals surface area contributed by atoms with E-state index in [-0.39, 0.29) is 0 Å². The van der Waals surface area contributed by atoms with Gasteiger partial charge in [0.05, 0.1) is 0 Å². The number of fused-ring (bicyclic) bond motifs is 5. The van der Waals surface area contributed by atoms with Crippen LogP contribution in [0.15, 0.2) is 0 Å². The van der Waals surface area contributed by atoms with Crippen LogP contribution >= 0.6 is 0 Å². The zero-order valence-corrected chi connectivity index (χ0v) is 10.2. The maximum atomic E-state index is 3.87. The molecule has 6 atom stereocenters. The third-order valence-corrected chi connectivity index (χ3v) is 5.54. The van der Waals surface area contributed by atoms with Crippen molar-refractivity contribution in [2.75, 3.05) is 0 Å². The van der Waals surface area contributed by atoms with Gasteiger partial charge in [0.1, 0.15) is 0 Å². The maximum Gasteiger partial charge on any atom is 0.0103 e. The predicted octanol–water partition coefficient (Wildman–Crippen LogP) is 3.20. The second-order valence-electron chi connectivity index (χ2n) is 6.24. The van der Waals surface area contributed by atoms with E-state index in [4.69, 9.17) is 0 Å². The fraction of sp³-hybridized carbons (Fsp3) is 1.00. The Kier molecular flexibility index (Phi) is 2.54. The van der Waals surface area contributed by atoms with Crippen molar-refractivity contribution in [2.45, 2.75) is 64.5 Å². The van der Waals surface area contributed by atoms with Crippen LogP contribution in [0.25, 0.3) is 0 Å². The van der Waals surface area contributed by atoms with E-state index in [0.29, 0.717) is 0 Å². The van der Waals surface area contributed by atoms with Crippen molar-refractivity contribution >= 4 is 0 Å². The van der Waals surface area contributed by atoms with E-state index in [1.165, 1.54) is 19.3 Å². The molecule has 0 amide bonds. The summed E-state index contributed by atoms with van der Waals surface area (Å²) in [6.07, 6.45) is 8.96. The van der Waals surface area contributed by atoms with E-state index in [0.717, 1.165) is 35.8 Å². The van der Waals surface area contributed by atoms with E-state index in [9.17, 15) is 0 Å². The molecule has 2 bridgehead atoms. The summed E-state index contributed by atoms with van der Waals surface area (Å²) in [4.78, 5) is 0. The zero-order chi connectivity index (χ0) is 10.4. The molecule has 0 aromatic rings. The van der Waals surface area contributed by atoms with Gasteiger partial charge in [-0.25, -0.2) is 0 Å². The number of hydrogen-bond donors (Lipinski definition) is 1. The lowest BCUT2D eigenvalue weighted by molar-refractivity contribution is 0.199. The van der Waals surface area contributed by atoms with Crippen molar-refractivity contribution < 1.29 is 0 Å². The fourth-order valence-corrected chi connectivity index (χ4v) is 4.74. The van der Waals surface area contributed by atoms with E-state index >= 15 is 0 Å². The van der Waals surface area contributed by atoms with Gasteiger partial charge in [0.15, 0.2) is 0 Å². The lowest BCUT2D eigenvalue weighted by Crippen LogP contribution is -2.43. The summed E-state index contributed by atoms with van der Waals surface area (Å²) in [5.74, 6) is 4.41. The summed E-state index contributed by atoms with van der Waals surface area (Å²) in [7, 11) is 0. The standard InChI is InChI=1S/C14H25N/c1-3-9(2)15-14-8-10-7-13(14)12-6-4-5-11(10)12/h9-15H,3-8H2,1-2H3/t9-,10-,11+,12-,13+,14+/m0/s1. The minimum Gasteiger partial charge on any atom is -0.311 e. The van der Waals surface area contributed by atoms with Gasteiger partial charge in [-0.15, -0.1) is 0 Å². The fourth-order valence-electron chi connectivity index (χ4n) is 4.74. The van der Waals surface area contributed by atoms with Crippen LogP contribution in [0.3, 0.4) is 0 Å². The van der Waals surface area contributed by atoms with Crippen molar-refractivity contribution in [3.05, 3.63) is 0 Å². The van der Waals surface area contributed by atoms with E-state index < -0.39 is 0 Å². The van der Waals surface area contributed by atoms with Gasteiger partial charge in [-0.05, 0) is 62.7 Å². The van der Waals surface area contributed by atoms with Crippen LogP contribution in [0.4, 0.5) is 0 Å². The summed E-state index contributed by atoms with van der Waals surface area (Å²) in [5, 5.41) is 3.87. The molecule has 1 nitrogen and oxygen atoms in total. The molecule has 0 aromatic carbocycles. The molecule has 0 aliphatic heterocycles. The summed E-state index contributed by atoms with van der Waals surface area (Å²) in [5.41, 5.74) is 0. The maximum absolute atomic E-state index is 3.87. The molecular formula is C14H25N. The Balaban J connectivity index is 1.65. The molecule has 3 aliphatic carbocycles. The van der Waals surface area contributed by atoms with E-state index in [1.807, 2.05) is 0 Å². The minimum atomic E-state index is 0.731. The van der Waals surface area contributed by atoms with Crippen LogP contribution in [0.2, 0.25) is 0 Å². The highest BCUT2D eigenvalue weighted by molar-refractivity contribution is 5.05. The minimum absolute atomic E-state index is 0.731. The van der Waals surface area contributed by atoms with Gasteiger partial charge in [0, 0.05) is 12.1 Å². The molecule has 86 valence electrons. The van der Waals surface area contributed by atoms with Crippen LogP contribution in [0.5, 0.6) is 0 Å². The third kappa shape index (κ3) is 1.54. The zero-order valence-electron chi connectivity index (χ0n) is 10.2. The van der Waals surface area contributed by atoms with Crippen LogP contribution in [-0.2, 0) is 0 Å². The van der Waals surface area contributed by atoms with Gasteiger partial charge in [-0.2, -0.15) is 0 Å². The smallest absolute Gasteiger partial charge is 0.0103 e.